The maximum Gasteiger partial charge on any atom is 0.306 e. The van der Waals surface area contributed by atoms with Gasteiger partial charge in [0.15, 0.2) is 12.4 Å². The van der Waals surface area contributed by atoms with Crippen LogP contribution in [-0.4, -0.2) is 96.0 Å². The number of aliphatic hydroxyl groups excluding tert-OH is 3. The average molecular weight is 829 g/mol. The smallest absolute Gasteiger partial charge is 0.306 e. The second-order valence-electron chi connectivity index (χ2n) is 15.1. The zero-order chi connectivity index (χ0) is 42.0. The van der Waals surface area contributed by atoms with Crippen LogP contribution in [0.5, 0.6) is 0 Å². The van der Waals surface area contributed by atoms with E-state index in [4.69, 9.17) is 18.9 Å². The van der Waals surface area contributed by atoms with Gasteiger partial charge in [-0.05, 0) is 76.4 Å². The number of esters is 2. The standard InChI is InChI=1S/C44H76O12S/c1-3-5-7-9-11-13-15-17-19-21-23-25-27-29-31-33-40(46)55-37(35-54-44-43(49)42(48)41(47)38(56-44)36-57(50,51)52)34-53-39(45)32-30-28-26-24-22-20-18-16-14-12-10-8-6-4-2/h10,12,15-16,18-19,37-38,41-44,47-49H,3-9,11,13-14,20-36H2,1-2H3,(H,50,51,52)/b12-10+,18-16+/t17?,37-,38-,41-,42?,43?,44+/m1/s1. The van der Waals surface area contributed by atoms with E-state index in [2.05, 4.69) is 56.0 Å². The molecule has 1 fully saturated rings. The molecule has 0 aromatic carbocycles. The summed E-state index contributed by atoms with van der Waals surface area (Å²) in [5, 5.41) is 30.8. The largest absolute Gasteiger partial charge is 0.462 e. The van der Waals surface area contributed by atoms with Gasteiger partial charge in [-0.25, -0.2) is 0 Å². The van der Waals surface area contributed by atoms with Crippen LogP contribution in [0.4, 0.5) is 0 Å². The van der Waals surface area contributed by atoms with E-state index in [-0.39, 0.29) is 19.4 Å². The summed E-state index contributed by atoms with van der Waals surface area (Å²) in [6.45, 7) is 3.66. The van der Waals surface area contributed by atoms with Crippen LogP contribution in [0.25, 0.3) is 0 Å². The summed E-state index contributed by atoms with van der Waals surface area (Å²) in [5.74, 6) is -2.03. The molecule has 4 N–H and O–H groups in total. The third-order valence-electron chi connectivity index (χ3n) is 9.72. The van der Waals surface area contributed by atoms with Gasteiger partial charge in [-0.3, -0.25) is 14.1 Å². The molecule has 0 radical (unpaired) electrons. The molecular formula is C44H76O12S. The molecule has 6 atom stereocenters. The second-order valence-corrected chi connectivity index (χ2v) is 16.6. The lowest BCUT2D eigenvalue weighted by atomic mass is 10.00. The third kappa shape index (κ3) is 29.5. The highest BCUT2D eigenvalue weighted by atomic mass is 32.2. The van der Waals surface area contributed by atoms with E-state index in [0.717, 1.165) is 83.5 Å². The highest BCUT2D eigenvalue weighted by Crippen LogP contribution is 2.24. The van der Waals surface area contributed by atoms with Crippen molar-refractivity contribution in [2.24, 2.45) is 0 Å². The predicted molar refractivity (Wildman–Crippen MR) is 223 cm³/mol. The monoisotopic (exact) mass is 829 g/mol. The van der Waals surface area contributed by atoms with Gasteiger partial charge in [0, 0.05) is 12.8 Å². The highest BCUT2D eigenvalue weighted by molar-refractivity contribution is 7.85. The predicted octanol–water partition coefficient (Wildman–Crippen LogP) is 8.38. The van der Waals surface area contributed by atoms with Gasteiger partial charge in [0.25, 0.3) is 10.1 Å². The molecule has 1 aliphatic rings. The van der Waals surface area contributed by atoms with Crippen LogP contribution in [0, 0.1) is 0 Å². The van der Waals surface area contributed by atoms with Crippen molar-refractivity contribution in [1.82, 2.24) is 0 Å². The van der Waals surface area contributed by atoms with Crippen LogP contribution >= 0.6 is 0 Å². The molecular weight excluding hydrogens is 753 g/mol. The maximum absolute atomic E-state index is 12.8. The van der Waals surface area contributed by atoms with E-state index < -0.39 is 71.2 Å². The van der Waals surface area contributed by atoms with E-state index >= 15 is 0 Å². The molecule has 1 aliphatic heterocycles. The molecule has 0 aromatic rings. The first-order valence-corrected chi connectivity index (χ1v) is 23.4. The number of carbonyl (C=O) groups is 2. The number of rotatable bonds is 35. The Morgan fingerprint density at radius 3 is 1.77 bits per heavy atom. The van der Waals surface area contributed by atoms with Crippen LogP contribution in [0.2, 0.25) is 0 Å². The SMILES string of the molecule is CCCC/C=C/C/C=C/CCCCCCCC(=O)OC[C@H](CO[C@H]1O[C@H](CS(=O)(=O)O)[C@@H](O)C(O)C1O)OC(=O)CCCCCCCC=C=CCCCCCCC. The van der Waals surface area contributed by atoms with E-state index in [1.165, 1.54) is 44.9 Å². The van der Waals surface area contributed by atoms with Gasteiger partial charge in [0.1, 0.15) is 36.8 Å². The molecule has 330 valence electrons. The molecule has 12 nitrogen and oxygen atoms in total. The highest BCUT2D eigenvalue weighted by Gasteiger charge is 2.46. The molecule has 0 spiro atoms. The third-order valence-corrected chi connectivity index (χ3v) is 10.5. The lowest BCUT2D eigenvalue weighted by molar-refractivity contribution is -0.297. The number of ether oxygens (including phenoxy) is 4. The first-order chi connectivity index (χ1) is 27.5. The molecule has 0 bridgehead atoms. The van der Waals surface area contributed by atoms with Gasteiger partial charge in [-0.2, -0.15) is 8.42 Å². The fraction of sp³-hybridized carbons (Fsp3) is 0.795. The van der Waals surface area contributed by atoms with Crippen molar-refractivity contribution in [1.29, 1.82) is 0 Å². The number of allylic oxidation sites excluding steroid dienone is 5. The molecule has 2 unspecified atom stereocenters. The Morgan fingerprint density at radius 2 is 1.18 bits per heavy atom. The summed E-state index contributed by atoms with van der Waals surface area (Å²) in [6.07, 6.45) is 26.8. The maximum atomic E-state index is 12.8. The Morgan fingerprint density at radius 1 is 0.649 bits per heavy atom. The van der Waals surface area contributed by atoms with Crippen LogP contribution < -0.4 is 0 Å². The zero-order valence-corrected chi connectivity index (χ0v) is 35.8. The number of hydrogen-bond donors (Lipinski definition) is 4. The van der Waals surface area contributed by atoms with Gasteiger partial charge < -0.3 is 34.3 Å². The van der Waals surface area contributed by atoms with Gasteiger partial charge in [-0.15, -0.1) is 5.73 Å². The van der Waals surface area contributed by atoms with Crippen molar-refractivity contribution in [3.05, 3.63) is 42.2 Å². The summed E-state index contributed by atoms with van der Waals surface area (Å²) in [6, 6.07) is 0. The van der Waals surface area contributed by atoms with Crippen LogP contribution in [0.1, 0.15) is 168 Å². The van der Waals surface area contributed by atoms with Crippen molar-refractivity contribution >= 4 is 22.1 Å². The summed E-state index contributed by atoms with van der Waals surface area (Å²) in [7, 11) is -4.61. The van der Waals surface area contributed by atoms with Gasteiger partial charge in [0.2, 0.25) is 0 Å². The number of unbranched alkanes of at least 4 members (excludes halogenated alkanes) is 17. The average Bonchev–Trinajstić information content (AvgIpc) is 3.17. The van der Waals surface area contributed by atoms with Crippen molar-refractivity contribution in [2.75, 3.05) is 19.0 Å². The van der Waals surface area contributed by atoms with Crippen LogP contribution in [0.3, 0.4) is 0 Å². The second kappa shape index (κ2) is 34.5. The molecule has 13 heteroatoms. The number of aliphatic hydroxyl groups is 3. The molecule has 0 amide bonds. The Balaban J connectivity index is 2.50. The molecule has 1 rings (SSSR count). The van der Waals surface area contributed by atoms with E-state index in [1.54, 1.807) is 0 Å². The minimum atomic E-state index is -4.61. The summed E-state index contributed by atoms with van der Waals surface area (Å²) < 4.78 is 53.9. The molecule has 57 heavy (non-hydrogen) atoms. The first kappa shape index (κ1) is 52.7. The molecule has 0 aliphatic carbocycles. The fourth-order valence-electron chi connectivity index (χ4n) is 6.26. The normalized spacial score (nSPS) is 20.4. The van der Waals surface area contributed by atoms with Crippen molar-refractivity contribution in [3.8, 4) is 0 Å². The van der Waals surface area contributed by atoms with Crippen molar-refractivity contribution in [3.63, 3.8) is 0 Å². The van der Waals surface area contributed by atoms with E-state index in [1.807, 2.05) is 0 Å². The first-order valence-electron chi connectivity index (χ1n) is 21.8. The lowest BCUT2D eigenvalue weighted by Crippen LogP contribution is -2.60. The summed E-state index contributed by atoms with van der Waals surface area (Å²) in [5.41, 5.74) is 3.27. The van der Waals surface area contributed by atoms with Crippen LogP contribution in [0.15, 0.2) is 42.2 Å². The Bertz CT molecular complexity index is 1260. The van der Waals surface area contributed by atoms with Crippen molar-refractivity contribution < 1.29 is 56.8 Å². The fourth-order valence-corrected chi connectivity index (χ4v) is 6.95. The Hall–Kier alpha value is -2.35. The quantitative estimate of drug-likeness (QED) is 0.0157. The van der Waals surface area contributed by atoms with Crippen molar-refractivity contribution in [2.45, 2.75) is 205 Å². The zero-order valence-electron chi connectivity index (χ0n) is 35.0. The van der Waals surface area contributed by atoms with Gasteiger partial charge >= 0.3 is 11.9 Å². The molecule has 0 saturated carbocycles. The number of carbonyl (C=O) groups excluding carboxylic acids is 2. The minimum absolute atomic E-state index is 0.140. The Labute approximate surface area is 343 Å². The topological polar surface area (TPSA) is 186 Å². The Kier molecular flexibility index (Phi) is 31.9. The van der Waals surface area contributed by atoms with Gasteiger partial charge in [-0.1, -0.05) is 115 Å². The summed E-state index contributed by atoms with van der Waals surface area (Å²) >= 11 is 0. The lowest BCUT2D eigenvalue weighted by Gasteiger charge is -2.40. The molecule has 0 aromatic heterocycles. The minimum Gasteiger partial charge on any atom is -0.462 e. The van der Waals surface area contributed by atoms with Crippen LogP contribution in [-0.2, 0) is 38.7 Å². The van der Waals surface area contributed by atoms with Gasteiger partial charge in [0.05, 0.1) is 6.61 Å². The molecule has 1 saturated heterocycles. The van der Waals surface area contributed by atoms with E-state index in [0.29, 0.717) is 12.8 Å². The number of hydrogen-bond acceptors (Lipinski definition) is 11. The summed E-state index contributed by atoms with van der Waals surface area (Å²) in [4.78, 5) is 25.3. The van der Waals surface area contributed by atoms with E-state index in [9.17, 15) is 37.9 Å². The molecule has 1 heterocycles.